The van der Waals surface area contributed by atoms with Gasteiger partial charge in [0.2, 0.25) is 0 Å². The number of nitrogens with zero attached hydrogens (tertiary/aromatic N) is 4. The second-order valence-corrected chi connectivity index (χ2v) is 8.24. The van der Waals surface area contributed by atoms with E-state index in [1.165, 1.54) is 12.8 Å². The molecule has 1 aliphatic heterocycles. The van der Waals surface area contributed by atoms with Crippen molar-refractivity contribution in [1.29, 1.82) is 0 Å². The zero-order chi connectivity index (χ0) is 19.8. The summed E-state index contributed by atoms with van der Waals surface area (Å²) in [5.41, 5.74) is 1.11. The molecule has 28 heavy (non-hydrogen) atoms. The Morgan fingerprint density at radius 2 is 2.04 bits per heavy atom. The number of carbonyl (C=O) groups excluding carboxylic acids is 1. The molecule has 7 nitrogen and oxygen atoms in total. The van der Waals surface area contributed by atoms with E-state index >= 15 is 0 Å². The number of rotatable bonds is 8. The van der Waals surface area contributed by atoms with Crippen molar-refractivity contribution in [2.45, 2.75) is 44.2 Å². The van der Waals surface area contributed by atoms with Crippen LogP contribution >= 0.6 is 0 Å². The normalized spacial score (nSPS) is 20.2. The minimum absolute atomic E-state index is 0.0438. The highest BCUT2D eigenvalue weighted by Crippen LogP contribution is 2.35. The lowest BCUT2D eigenvalue weighted by Crippen LogP contribution is -2.60. The summed E-state index contributed by atoms with van der Waals surface area (Å²) in [5, 5.41) is 12.4. The van der Waals surface area contributed by atoms with Crippen LogP contribution in [0.4, 0.5) is 4.79 Å². The van der Waals surface area contributed by atoms with Crippen LogP contribution in [0.15, 0.2) is 24.5 Å². The van der Waals surface area contributed by atoms with Gasteiger partial charge in [-0.1, -0.05) is 18.9 Å². The highest BCUT2D eigenvalue weighted by Gasteiger charge is 2.40. The smallest absolute Gasteiger partial charge is 0.317 e. The number of carbonyl (C=O) groups is 1. The number of urea groups is 1. The maximum absolute atomic E-state index is 13.0. The number of likely N-dealkylation sites (N-methyl/N-ethyl adjacent to an activating group) is 1. The summed E-state index contributed by atoms with van der Waals surface area (Å²) in [6.07, 6.45) is 8.92. The number of aliphatic hydroxyl groups excluding tert-OH is 1. The van der Waals surface area contributed by atoms with Crippen molar-refractivity contribution in [3.63, 3.8) is 0 Å². The Morgan fingerprint density at radius 1 is 1.29 bits per heavy atom. The summed E-state index contributed by atoms with van der Waals surface area (Å²) < 4.78 is 0. The average molecular weight is 390 g/mol. The van der Waals surface area contributed by atoms with Crippen LogP contribution in [0.2, 0.25) is 0 Å². The van der Waals surface area contributed by atoms with Crippen molar-refractivity contribution in [1.82, 2.24) is 25.0 Å². The Morgan fingerprint density at radius 3 is 2.68 bits per heavy atom. The molecule has 7 heteroatoms. The zero-order valence-electron chi connectivity index (χ0n) is 17.1. The lowest BCUT2D eigenvalue weighted by atomic mass is 9.94. The van der Waals surface area contributed by atoms with Gasteiger partial charge in [0, 0.05) is 70.4 Å². The van der Waals surface area contributed by atoms with E-state index in [1.807, 2.05) is 12.1 Å². The van der Waals surface area contributed by atoms with Gasteiger partial charge in [-0.05, 0) is 37.9 Å². The molecule has 1 aliphatic carbocycles. The number of piperazine rings is 1. The number of amides is 2. The van der Waals surface area contributed by atoms with E-state index in [-0.39, 0.29) is 18.2 Å². The molecule has 3 rings (SSSR count). The monoisotopic (exact) mass is 389 g/mol. The highest BCUT2D eigenvalue weighted by atomic mass is 16.3. The molecule has 2 amide bonds. The summed E-state index contributed by atoms with van der Waals surface area (Å²) in [6.45, 7) is 6.20. The first-order chi connectivity index (χ1) is 13.6. The molecule has 0 unspecified atom stereocenters. The van der Waals surface area contributed by atoms with Gasteiger partial charge in [0.05, 0.1) is 0 Å². The van der Waals surface area contributed by atoms with E-state index in [0.717, 1.165) is 44.6 Å². The average Bonchev–Trinajstić information content (AvgIpc) is 3.20. The molecule has 1 aromatic heterocycles. The molecule has 0 radical (unpaired) electrons. The number of hydrogen-bond donors (Lipinski definition) is 2. The largest absolute Gasteiger partial charge is 0.396 e. The molecule has 0 aromatic carbocycles. The molecular weight excluding hydrogens is 354 g/mol. The van der Waals surface area contributed by atoms with Crippen molar-refractivity contribution in [2.75, 3.05) is 52.9 Å². The fourth-order valence-corrected chi connectivity index (χ4v) is 4.50. The van der Waals surface area contributed by atoms with Crippen molar-refractivity contribution >= 4 is 6.03 Å². The minimum atomic E-state index is -0.0438. The van der Waals surface area contributed by atoms with Crippen molar-refractivity contribution < 1.29 is 9.90 Å². The molecule has 156 valence electrons. The standard InChI is InChI=1S/C21H35N5O2/c1-24-11-13-26(14-12-24)21(7-2-3-8-21)18-23-20(28)25(10-5-15-27)17-19-6-4-9-22-16-19/h4,6,9,16,27H,2-3,5,7-8,10-15,17-18H2,1H3,(H,23,28). The van der Waals surface area contributed by atoms with Gasteiger partial charge in [0.25, 0.3) is 0 Å². The fraction of sp³-hybridized carbons (Fsp3) is 0.714. The predicted octanol–water partition coefficient (Wildman–Crippen LogP) is 1.54. The van der Waals surface area contributed by atoms with E-state index in [0.29, 0.717) is 26.1 Å². The number of aromatic nitrogens is 1. The first-order valence-electron chi connectivity index (χ1n) is 10.6. The summed E-state index contributed by atoms with van der Waals surface area (Å²) in [7, 11) is 2.18. The van der Waals surface area contributed by atoms with Crippen LogP contribution in [-0.4, -0.2) is 89.3 Å². The number of hydrogen-bond acceptors (Lipinski definition) is 5. The second kappa shape index (κ2) is 10.2. The number of nitrogens with one attached hydrogen (secondary N) is 1. The minimum Gasteiger partial charge on any atom is -0.396 e. The third-order valence-electron chi connectivity index (χ3n) is 6.25. The fourth-order valence-electron chi connectivity index (χ4n) is 4.50. The molecule has 0 spiro atoms. The van der Waals surface area contributed by atoms with E-state index in [9.17, 15) is 9.90 Å². The molecule has 1 aromatic rings. The molecule has 1 saturated heterocycles. The summed E-state index contributed by atoms with van der Waals surface area (Å²) in [6, 6.07) is 3.82. The van der Waals surface area contributed by atoms with Crippen LogP contribution in [0.5, 0.6) is 0 Å². The Labute approximate surface area is 168 Å². The SMILES string of the molecule is CN1CCN(C2(CNC(=O)N(CCCO)Cc3cccnc3)CCCC2)CC1. The van der Waals surface area contributed by atoms with Crippen molar-refractivity contribution in [3.8, 4) is 0 Å². The van der Waals surface area contributed by atoms with Gasteiger partial charge in [0.1, 0.15) is 0 Å². The summed E-state index contributed by atoms with van der Waals surface area (Å²) in [4.78, 5) is 23.9. The first kappa shape index (κ1) is 21.0. The molecule has 2 heterocycles. The molecule has 2 aliphatic rings. The van der Waals surface area contributed by atoms with Crippen LogP contribution in [0.1, 0.15) is 37.7 Å². The Balaban J connectivity index is 1.61. The van der Waals surface area contributed by atoms with Gasteiger partial charge in [-0.2, -0.15) is 0 Å². The van der Waals surface area contributed by atoms with E-state index in [2.05, 4.69) is 27.1 Å². The van der Waals surface area contributed by atoms with Crippen molar-refractivity contribution in [2.24, 2.45) is 0 Å². The molecule has 1 saturated carbocycles. The molecule has 0 atom stereocenters. The molecular formula is C21H35N5O2. The molecule has 0 bridgehead atoms. The van der Waals surface area contributed by atoms with Crippen LogP contribution in [-0.2, 0) is 6.54 Å². The van der Waals surface area contributed by atoms with Crippen LogP contribution in [0, 0.1) is 0 Å². The van der Waals surface area contributed by atoms with Crippen LogP contribution in [0.25, 0.3) is 0 Å². The lowest BCUT2D eigenvalue weighted by molar-refractivity contribution is 0.0432. The van der Waals surface area contributed by atoms with E-state index < -0.39 is 0 Å². The molecule has 2 N–H and O–H groups in total. The van der Waals surface area contributed by atoms with E-state index in [1.54, 1.807) is 17.3 Å². The Kier molecular flexibility index (Phi) is 7.65. The summed E-state index contributed by atoms with van der Waals surface area (Å²) >= 11 is 0. The summed E-state index contributed by atoms with van der Waals surface area (Å²) in [5.74, 6) is 0. The third-order valence-corrected chi connectivity index (χ3v) is 6.25. The van der Waals surface area contributed by atoms with Crippen LogP contribution < -0.4 is 5.32 Å². The highest BCUT2D eigenvalue weighted by molar-refractivity contribution is 5.74. The Bertz CT molecular complexity index is 598. The maximum Gasteiger partial charge on any atom is 0.317 e. The van der Waals surface area contributed by atoms with Gasteiger partial charge in [0.15, 0.2) is 0 Å². The second-order valence-electron chi connectivity index (χ2n) is 8.24. The number of aliphatic hydroxyl groups is 1. The zero-order valence-corrected chi connectivity index (χ0v) is 17.1. The predicted molar refractivity (Wildman–Crippen MR) is 110 cm³/mol. The maximum atomic E-state index is 13.0. The lowest BCUT2D eigenvalue weighted by Gasteiger charge is -2.45. The van der Waals surface area contributed by atoms with Gasteiger partial charge in [-0.25, -0.2) is 4.79 Å². The first-order valence-corrected chi connectivity index (χ1v) is 10.6. The quantitative estimate of drug-likeness (QED) is 0.706. The van der Waals surface area contributed by atoms with E-state index in [4.69, 9.17) is 0 Å². The Hall–Kier alpha value is -1.70. The van der Waals surface area contributed by atoms with Gasteiger partial charge in [-0.3, -0.25) is 9.88 Å². The van der Waals surface area contributed by atoms with Gasteiger partial charge in [-0.15, -0.1) is 0 Å². The number of pyridine rings is 1. The third kappa shape index (κ3) is 5.43. The topological polar surface area (TPSA) is 71.9 Å². The molecule has 2 fully saturated rings. The van der Waals surface area contributed by atoms with Crippen LogP contribution in [0.3, 0.4) is 0 Å². The van der Waals surface area contributed by atoms with Crippen molar-refractivity contribution in [3.05, 3.63) is 30.1 Å². The van der Waals surface area contributed by atoms with Gasteiger partial charge >= 0.3 is 6.03 Å². The van der Waals surface area contributed by atoms with Gasteiger partial charge < -0.3 is 20.2 Å².